The SMILES string of the molecule is CN=C(NCc1nnc2n1CCC2)NCC(c1ccc(OC)cc1)N1CCOCC1. The normalized spacial score (nSPS) is 18.1. The van der Waals surface area contributed by atoms with Crippen molar-refractivity contribution in [3.05, 3.63) is 41.5 Å². The molecule has 30 heavy (non-hydrogen) atoms. The summed E-state index contributed by atoms with van der Waals surface area (Å²) in [4.78, 5) is 6.85. The molecular formula is C21H31N7O2. The standard InChI is InChI=1S/C21H31N7O2/c1-22-21(24-15-20-26-25-19-4-3-9-28(19)20)23-14-18(27-10-12-30-13-11-27)16-5-7-17(29-2)8-6-16/h5-8,18H,3-4,9-15H2,1-2H3,(H2,22,23,24). The van der Waals surface area contributed by atoms with Gasteiger partial charge in [0.1, 0.15) is 11.6 Å². The fourth-order valence-corrected chi connectivity index (χ4v) is 4.09. The molecule has 0 bridgehead atoms. The molecule has 2 aliphatic heterocycles. The number of benzene rings is 1. The van der Waals surface area contributed by atoms with Gasteiger partial charge in [0.25, 0.3) is 0 Å². The number of nitrogens with one attached hydrogen (secondary N) is 2. The number of hydrogen-bond donors (Lipinski definition) is 2. The smallest absolute Gasteiger partial charge is 0.191 e. The highest BCUT2D eigenvalue weighted by Gasteiger charge is 2.23. The highest BCUT2D eigenvalue weighted by Crippen LogP contribution is 2.23. The maximum absolute atomic E-state index is 5.55. The molecule has 2 N–H and O–H groups in total. The lowest BCUT2D eigenvalue weighted by Crippen LogP contribution is -2.46. The minimum absolute atomic E-state index is 0.218. The molecule has 1 aromatic heterocycles. The molecule has 0 spiro atoms. The Bertz CT molecular complexity index is 844. The van der Waals surface area contributed by atoms with Crippen molar-refractivity contribution in [3.63, 3.8) is 0 Å². The van der Waals surface area contributed by atoms with Crippen LogP contribution in [0.4, 0.5) is 0 Å². The fourth-order valence-electron chi connectivity index (χ4n) is 4.09. The minimum atomic E-state index is 0.218. The molecule has 1 unspecified atom stereocenters. The third-order valence-corrected chi connectivity index (χ3v) is 5.77. The molecule has 1 fully saturated rings. The molecule has 4 rings (SSSR count). The van der Waals surface area contributed by atoms with Gasteiger partial charge >= 0.3 is 0 Å². The molecule has 162 valence electrons. The van der Waals surface area contributed by atoms with Crippen molar-refractivity contribution in [2.45, 2.75) is 32.0 Å². The van der Waals surface area contributed by atoms with Crippen LogP contribution in [0.3, 0.4) is 0 Å². The third-order valence-electron chi connectivity index (χ3n) is 5.77. The average Bonchev–Trinajstić information content (AvgIpc) is 3.42. The highest BCUT2D eigenvalue weighted by molar-refractivity contribution is 5.79. The fraction of sp³-hybridized carbons (Fsp3) is 0.571. The van der Waals surface area contributed by atoms with Gasteiger partial charge < -0.3 is 24.7 Å². The number of hydrogen-bond acceptors (Lipinski definition) is 6. The number of fused-ring (bicyclic) bond motifs is 1. The molecule has 3 heterocycles. The number of nitrogens with zero attached hydrogens (tertiary/aromatic N) is 5. The molecule has 9 nitrogen and oxygen atoms in total. The molecule has 9 heteroatoms. The Labute approximate surface area is 177 Å². The highest BCUT2D eigenvalue weighted by atomic mass is 16.5. The average molecular weight is 414 g/mol. The van der Waals surface area contributed by atoms with Crippen LogP contribution in [0.1, 0.15) is 29.7 Å². The first-order chi connectivity index (χ1) is 14.8. The molecule has 2 aliphatic rings. The van der Waals surface area contributed by atoms with Crippen LogP contribution in [0.2, 0.25) is 0 Å². The maximum atomic E-state index is 5.55. The summed E-state index contributed by atoms with van der Waals surface area (Å²) in [5.41, 5.74) is 1.25. The summed E-state index contributed by atoms with van der Waals surface area (Å²) in [5.74, 6) is 3.68. The maximum Gasteiger partial charge on any atom is 0.191 e. The first kappa shape index (κ1) is 20.6. The number of aromatic nitrogens is 3. The first-order valence-electron chi connectivity index (χ1n) is 10.6. The molecule has 1 aromatic carbocycles. The Morgan fingerprint density at radius 1 is 1.17 bits per heavy atom. The number of rotatable bonds is 7. The van der Waals surface area contributed by atoms with Crippen LogP contribution in [0.5, 0.6) is 5.75 Å². The van der Waals surface area contributed by atoms with Gasteiger partial charge in [-0.15, -0.1) is 10.2 Å². The van der Waals surface area contributed by atoms with Crippen molar-refractivity contribution in [2.75, 3.05) is 47.0 Å². The van der Waals surface area contributed by atoms with Gasteiger partial charge in [-0.2, -0.15) is 0 Å². The van der Waals surface area contributed by atoms with Crippen LogP contribution >= 0.6 is 0 Å². The summed E-state index contributed by atoms with van der Waals surface area (Å²) in [6, 6.07) is 8.52. The predicted octanol–water partition coefficient (Wildman–Crippen LogP) is 0.971. The second kappa shape index (κ2) is 9.90. The quantitative estimate of drug-likeness (QED) is 0.517. The summed E-state index contributed by atoms with van der Waals surface area (Å²) in [6.07, 6.45) is 2.16. The zero-order valence-corrected chi connectivity index (χ0v) is 17.8. The number of aryl methyl sites for hydroxylation is 1. The van der Waals surface area contributed by atoms with Crippen molar-refractivity contribution in [1.29, 1.82) is 0 Å². The third kappa shape index (κ3) is 4.73. The first-order valence-corrected chi connectivity index (χ1v) is 10.6. The van der Waals surface area contributed by atoms with E-state index >= 15 is 0 Å². The van der Waals surface area contributed by atoms with E-state index in [1.54, 1.807) is 14.2 Å². The Morgan fingerprint density at radius 3 is 2.70 bits per heavy atom. The summed E-state index contributed by atoms with van der Waals surface area (Å²) >= 11 is 0. The van der Waals surface area contributed by atoms with E-state index in [9.17, 15) is 0 Å². The lowest BCUT2D eigenvalue weighted by atomic mass is 10.0. The van der Waals surface area contributed by atoms with Gasteiger partial charge in [-0.25, -0.2) is 0 Å². The van der Waals surface area contributed by atoms with Gasteiger partial charge in [-0.1, -0.05) is 12.1 Å². The van der Waals surface area contributed by atoms with Gasteiger partial charge in [-0.3, -0.25) is 9.89 Å². The predicted molar refractivity (Wildman–Crippen MR) is 115 cm³/mol. The zero-order chi connectivity index (χ0) is 20.8. The molecule has 1 saturated heterocycles. The molecule has 1 atom stereocenters. The van der Waals surface area contributed by atoms with Gasteiger partial charge in [0.15, 0.2) is 11.8 Å². The van der Waals surface area contributed by atoms with E-state index in [2.05, 4.69) is 47.4 Å². The summed E-state index contributed by atoms with van der Waals surface area (Å²) in [7, 11) is 3.48. The van der Waals surface area contributed by atoms with Gasteiger partial charge in [0.2, 0.25) is 0 Å². The van der Waals surface area contributed by atoms with Gasteiger partial charge in [0.05, 0.1) is 32.9 Å². The lowest BCUT2D eigenvalue weighted by Gasteiger charge is -2.35. The van der Waals surface area contributed by atoms with E-state index in [4.69, 9.17) is 9.47 Å². The monoisotopic (exact) mass is 413 g/mol. The minimum Gasteiger partial charge on any atom is -0.497 e. The van der Waals surface area contributed by atoms with Crippen LogP contribution in [-0.2, 0) is 24.2 Å². The van der Waals surface area contributed by atoms with Crippen molar-refractivity contribution in [2.24, 2.45) is 4.99 Å². The lowest BCUT2D eigenvalue weighted by molar-refractivity contribution is 0.0170. The molecule has 0 radical (unpaired) electrons. The van der Waals surface area contributed by atoms with E-state index in [0.717, 1.165) is 75.6 Å². The van der Waals surface area contributed by atoms with Gasteiger partial charge in [-0.05, 0) is 24.1 Å². The topological polar surface area (TPSA) is 88.8 Å². The van der Waals surface area contributed by atoms with Crippen molar-refractivity contribution in [3.8, 4) is 5.75 Å². The van der Waals surface area contributed by atoms with Crippen molar-refractivity contribution in [1.82, 2.24) is 30.3 Å². The number of methoxy groups -OCH3 is 1. The molecule has 0 amide bonds. The second-order valence-corrected chi connectivity index (χ2v) is 7.53. The Hall–Kier alpha value is -2.65. The van der Waals surface area contributed by atoms with E-state index < -0.39 is 0 Å². The van der Waals surface area contributed by atoms with Crippen LogP contribution in [-0.4, -0.2) is 72.6 Å². The molecule has 0 aliphatic carbocycles. The van der Waals surface area contributed by atoms with Crippen molar-refractivity contribution < 1.29 is 9.47 Å². The summed E-state index contributed by atoms with van der Waals surface area (Å²) < 4.78 is 13.1. The molecule has 0 saturated carbocycles. The van der Waals surface area contributed by atoms with Crippen LogP contribution in [0.25, 0.3) is 0 Å². The Morgan fingerprint density at radius 2 is 1.97 bits per heavy atom. The summed E-state index contributed by atoms with van der Waals surface area (Å²) in [5, 5.41) is 15.5. The summed E-state index contributed by atoms with van der Waals surface area (Å²) in [6.45, 7) is 5.70. The number of aliphatic imine (C=N–C) groups is 1. The number of morpholine rings is 1. The molecular weight excluding hydrogens is 382 g/mol. The number of ether oxygens (including phenoxy) is 2. The molecule has 2 aromatic rings. The van der Waals surface area contributed by atoms with Crippen molar-refractivity contribution >= 4 is 5.96 Å². The second-order valence-electron chi connectivity index (χ2n) is 7.53. The van der Waals surface area contributed by atoms with Crippen LogP contribution in [0, 0.1) is 0 Å². The largest absolute Gasteiger partial charge is 0.497 e. The van der Waals surface area contributed by atoms with E-state index in [-0.39, 0.29) is 6.04 Å². The van der Waals surface area contributed by atoms with Crippen LogP contribution in [0.15, 0.2) is 29.3 Å². The number of guanidine groups is 1. The van der Waals surface area contributed by atoms with E-state index in [1.807, 2.05) is 12.1 Å². The Balaban J connectivity index is 1.39. The van der Waals surface area contributed by atoms with Crippen LogP contribution < -0.4 is 15.4 Å². The Kier molecular flexibility index (Phi) is 6.81. The van der Waals surface area contributed by atoms with E-state index in [1.165, 1.54) is 5.56 Å². The van der Waals surface area contributed by atoms with E-state index in [0.29, 0.717) is 6.54 Å². The zero-order valence-electron chi connectivity index (χ0n) is 17.8. The van der Waals surface area contributed by atoms with Gasteiger partial charge in [0, 0.05) is 39.6 Å².